The van der Waals surface area contributed by atoms with Crippen molar-refractivity contribution in [2.45, 2.75) is 27.3 Å². The van der Waals surface area contributed by atoms with Gasteiger partial charge in [0.05, 0.1) is 5.69 Å². The van der Waals surface area contributed by atoms with Crippen LogP contribution < -0.4 is 5.32 Å². The Morgan fingerprint density at radius 1 is 1.29 bits per heavy atom. The van der Waals surface area contributed by atoms with Gasteiger partial charge in [-0.05, 0) is 61.1 Å². The van der Waals surface area contributed by atoms with Crippen LogP contribution in [0.15, 0.2) is 22.7 Å². The predicted molar refractivity (Wildman–Crippen MR) is 77.2 cm³/mol. The third kappa shape index (κ3) is 2.80. The summed E-state index contributed by atoms with van der Waals surface area (Å²) in [5.74, 6) is 0.886. The second-order valence-corrected chi connectivity index (χ2v) is 5.28. The van der Waals surface area contributed by atoms with E-state index in [1.165, 1.54) is 9.13 Å². The van der Waals surface area contributed by atoms with Crippen molar-refractivity contribution in [2.75, 3.05) is 5.32 Å². The highest BCUT2D eigenvalue weighted by atomic mass is 127. The van der Waals surface area contributed by atoms with Crippen LogP contribution in [0, 0.1) is 24.3 Å². The SMILES string of the molecule is Cc1ccc(NCc2c(C)noc2C)cc1I. The van der Waals surface area contributed by atoms with Crippen molar-refractivity contribution in [3.8, 4) is 0 Å². The maximum atomic E-state index is 5.14. The van der Waals surface area contributed by atoms with Crippen LogP contribution in [-0.4, -0.2) is 5.16 Å². The Labute approximate surface area is 115 Å². The Hall–Kier alpha value is -1.04. The van der Waals surface area contributed by atoms with Crippen LogP contribution in [0.2, 0.25) is 0 Å². The largest absolute Gasteiger partial charge is 0.381 e. The van der Waals surface area contributed by atoms with Crippen LogP contribution in [0.3, 0.4) is 0 Å². The van der Waals surface area contributed by atoms with Crippen LogP contribution in [0.1, 0.15) is 22.6 Å². The minimum Gasteiger partial charge on any atom is -0.381 e. The summed E-state index contributed by atoms with van der Waals surface area (Å²) in [5.41, 5.74) is 4.52. The van der Waals surface area contributed by atoms with E-state index >= 15 is 0 Å². The van der Waals surface area contributed by atoms with Gasteiger partial charge in [-0.1, -0.05) is 11.2 Å². The van der Waals surface area contributed by atoms with E-state index in [0.29, 0.717) is 0 Å². The molecule has 1 N–H and O–H groups in total. The molecule has 4 heteroatoms. The summed E-state index contributed by atoms with van der Waals surface area (Å²) >= 11 is 2.35. The van der Waals surface area contributed by atoms with E-state index in [0.717, 1.165) is 29.2 Å². The van der Waals surface area contributed by atoms with E-state index in [4.69, 9.17) is 4.52 Å². The van der Waals surface area contributed by atoms with Crippen molar-refractivity contribution in [1.29, 1.82) is 0 Å². The molecule has 2 aromatic rings. The summed E-state index contributed by atoms with van der Waals surface area (Å²) in [6, 6.07) is 6.36. The molecule has 0 fully saturated rings. The zero-order valence-electron chi connectivity index (χ0n) is 10.2. The number of halogens is 1. The number of aryl methyl sites for hydroxylation is 3. The minimum absolute atomic E-state index is 0.750. The maximum absolute atomic E-state index is 5.14. The fraction of sp³-hybridized carbons (Fsp3) is 0.308. The van der Waals surface area contributed by atoms with E-state index in [1.807, 2.05) is 13.8 Å². The van der Waals surface area contributed by atoms with Crippen LogP contribution in [0.4, 0.5) is 5.69 Å². The first-order valence-electron chi connectivity index (χ1n) is 5.49. The number of anilines is 1. The molecule has 0 saturated carbocycles. The number of benzene rings is 1. The summed E-state index contributed by atoms with van der Waals surface area (Å²) in [6.45, 7) is 6.77. The second-order valence-electron chi connectivity index (χ2n) is 4.12. The highest BCUT2D eigenvalue weighted by molar-refractivity contribution is 14.1. The molecule has 1 aromatic carbocycles. The molecule has 1 aromatic heterocycles. The molecule has 0 spiro atoms. The molecule has 2 rings (SSSR count). The number of aromatic nitrogens is 1. The molecule has 0 atom stereocenters. The molecule has 0 unspecified atom stereocenters. The average Bonchev–Trinajstić information content (AvgIpc) is 2.61. The molecule has 0 saturated heterocycles. The number of hydrogen-bond acceptors (Lipinski definition) is 3. The molecular formula is C13H15IN2O. The van der Waals surface area contributed by atoms with Gasteiger partial charge >= 0.3 is 0 Å². The summed E-state index contributed by atoms with van der Waals surface area (Å²) < 4.78 is 6.40. The molecule has 0 radical (unpaired) electrons. The maximum Gasteiger partial charge on any atom is 0.138 e. The summed E-state index contributed by atoms with van der Waals surface area (Å²) in [7, 11) is 0. The van der Waals surface area contributed by atoms with Crippen LogP contribution in [-0.2, 0) is 6.54 Å². The van der Waals surface area contributed by atoms with E-state index in [1.54, 1.807) is 0 Å². The van der Waals surface area contributed by atoms with Gasteiger partial charge in [-0.3, -0.25) is 0 Å². The molecule has 0 aliphatic heterocycles. The van der Waals surface area contributed by atoms with E-state index in [-0.39, 0.29) is 0 Å². The lowest BCUT2D eigenvalue weighted by molar-refractivity contribution is 0.392. The standard InChI is InChI=1S/C13H15IN2O/c1-8-4-5-11(6-13(8)14)15-7-12-9(2)16-17-10(12)3/h4-6,15H,7H2,1-3H3. The number of nitrogens with zero attached hydrogens (tertiary/aromatic N) is 1. The minimum atomic E-state index is 0.750. The van der Waals surface area contributed by atoms with Crippen molar-refractivity contribution in [3.05, 3.63) is 44.4 Å². The third-order valence-corrected chi connectivity index (χ3v) is 3.98. The first-order valence-corrected chi connectivity index (χ1v) is 6.57. The molecule has 0 aliphatic rings. The van der Waals surface area contributed by atoms with Crippen molar-refractivity contribution in [2.24, 2.45) is 0 Å². The number of nitrogens with one attached hydrogen (secondary N) is 1. The fourth-order valence-electron chi connectivity index (χ4n) is 1.65. The van der Waals surface area contributed by atoms with Crippen molar-refractivity contribution < 1.29 is 4.52 Å². The zero-order valence-corrected chi connectivity index (χ0v) is 12.3. The van der Waals surface area contributed by atoms with E-state index in [2.05, 4.69) is 58.2 Å². The highest BCUT2D eigenvalue weighted by Crippen LogP contribution is 2.19. The Morgan fingerprint density at radius 3 is 2.65 bits per heavy atom. The number of hydrogen-bond donors (Lipinski definition) is 1. The van der Waals surface area contributed by atoms with Crippen molar-refractivity contribution in [3.63, 3.8) is 0 Å². The molecule has 0 amide bonds. The van der Waals surface area contributed by atoms with E-state index < -0.39 is 0 Å². The Balaban J connectivity index is 2.10. The van der Waals surface area contributed by atoms with Crippen LogP contribution in [0.5, 0.6) is 0 Å². The van der Waals surface area contributed by atoms with Crippen molar-refractivity contribution in [1.82, 2.24) is 5.16 Å². The van der Waals surface area contributed by atoms with Gasteiger partial charge in [-0.25, -0.2) is 0 Å². The quantitative estimate of drug-likeness (QED) is 0.862. The Bertz CT molecular complexity index is 515. The van der Waals surface area contributed by atoms with Gasteiger partial charge in [0.25, 0.3) is 0 Å². The van der Waals surface area contributed by atoms with Gasteiger partial charge in [0.1, 0.15) is 5.76 Å². The summed E-state index contributed by atoms with van der Waals surface area (Å²) in [5, 5.41) is 7.34. The summed E-state index contributed by atoms with van der Waals surface area (Å²) in [4.78, 5) is 0. The average molecular weight is 342 g/mol. The molecule has 1 heterocycles. The monoisotopic (exact) mass is 342 g/mol. The van der Waals surface area contributed by atoms with Gasteiger partial charge in [-0.2, -0.15) is 0 Å². The Kier molecular flexibility index (Phi) is 3.71. The third-order valence-electron chi connectivity index (χ3n) is 2.82. The zero-order chi connectivity index (χ0) is 12.4. The van der Waals surface area contributed by atoms with Gasteiger partial charge in [0.15, 0.2) is 0 Å². The first kappa shape index (κ1) is 12.4. The molecule has 3 nitrogen and oxygen atoms in total. The smallest absolute Gasteiger partial charge is 0.138 e. The number of rotatable bonds is 3. The fourth-order valence-corrected chi connectivity index (χ4v) is 2.16. The highest BCUT2D eigenvalue weighted by Gasteiger charge is 2.08. The van der Waals surface area contributed by atoms with E-state index in [9.17, 15) is 0 Å². The lowest BCUT2D eigenvalue weighted by atomic mass is 10.2. The summed E-state index contributed by atoms with van der Waals surface area (Å²) in [6.07, 6.45) is 0. The molecular weight excluding hydrogens is 327 g/mol. The first-order chi connectivity index (χ1) is 8.08. The van der Waals surface area contributed by atoms with Crippen LogP contribution in [0.25, 0.3) is 0 Å². The van der Waals surface area contributed by atoms with Gasteiger partial charge in [-0.15, -0.1) is 0 Å². The Morgan fingerprint density at radius 2 is 2.06 bits per heavy atom. The molecule has 90 valence electrons. The van der Waals surface area contributed by atoms with Gasteiger partial charge in [0.2, 0.25) is 0 Å². The lowest BCUT2D eigenvalue weighted by Gasteiger charge is -2.07. The lowest BCUT2D eigenvalue weighted by Crippen LogP contribution is -2.01. The second kappa shape index (κ2) is 5.08. The molecule has 0 bridgehead atoms. The van der Waals surface area contributed by atoms with Gasteiger partial charge < -0.3 is 9.84 Å². The van der Waals surface area contributed by atoms with Crippen molar-refractivity contribution >= 4 is 28.3 Å². The van der Waals surface area contributed by atoms with Crippen LogP contribution >= 0.6 is 22.6 Å². The molecule has 0 aliphatic carbocycles. The molecule has 17 heavy (non-hydrogen) atoms. The predicted octanol–water partition coefficient (Wildman–Crippen LogP) is 3.82. The normalized spacial score (nSPS) is 10.6. The van der Waals surface area contributed by atoms with Gasteiger partial charge in [0, 0.05) is 21.4 Å². The topological polar surface area (TPSA) is 38.1 Å².